The first-order chi connectivity index (χ1) is 9.68. The maximum atomic E-state index is 3.51. The highest BCUT2D eigenvalue weighted by molar-refractivity contribution is 5.14. The van der Waals surface area contributed by atoms with Crippen LogP contribution >= 0.6 is 0 Å². The Balaban J connectivity index is 1.94. The maximum absolute atomic E-state index is 3.51. The number of hydrogen-bond donors (Lipinski definition) is 1. The molecular weight excluding hydrogens is 244 g/mol. The van der Waals surface area contributed by atoms with Gasteiger partial charge < -0.3 is 10.2 Å². The maximum Gasteiger partial charge on any atom is 0.00188 e. The largest absolute Gasteiger partial charge is 0.316 e. The molecule has 0 spiro atoms. The van der Waals surface area contributed by atoms with Crippen molar-refractivity contribution in [1.82, 2.24) is 10.2 Å². The molecule has 0 heterocycles. The Bertz CT molecular complexity index is 321. The van der Waals surface area contributed by atoms with E-state index in [9.17, 15) is 0 Å². The molecule has 0 atom stereocenters. The Morgan fingerprint density at radius 3 is 2.45 bits per heavy atom. The van der Waals surface area contributed by atoms with Crippen molar-refractivity contribution in [2.75, 3.05) is 33.2 Å². The first-order valence-corrected chi connectivity index (χ1v) is 8.11. The fourth-order valence-corrected chi connectivity index (χ4v) is 2.28. The fourth-order valence-electron chi connectivity index (χ4n) is 2.28. The first-order valence-electron chi connectivity index (χ1n) is 8.11. The molecule has 2 heteroatoms. The summed E-state index contributed by atoms with van der Waals surface area (Å²) in [6.07, 6.45) is 5.11. The molecule has 1 aromatic rings. The van der Waals surface area contributed by atoms with Crippen molar-refractivity contribution in [3.63, 3.8) is 0 Å². The number of unbranched alkanes of at least 4 members (excludes halogenated alkanes) is 2. The van der Waals surface area contributed by atoms with Crippen molar-refractivity contribution in [2.24, 2.45) is 5.92 Å². The molecule has 1 N–H and O–H groups in total. The molecule has 0 aliphatic carbocycles. The molecule has 1 aromatic carbocycles. The SMILES string of the molecule is CC(C)CNCCCCCN(C)CCc1ccccc1. The highest BCUT2D eigenvalue weighted by Crippen LogP contribution is 2.02. The summed E-state index contributed by atoms with van der Waals surface area (Å²) in [6, 6.07) is 10.8. The van der Waals surface area contributed by atoms with Gasteiger partial charge in [-0.2, -0.15) is 0 Å². The van der Waals surface area contributed by atoms with E-state index in [1.54, 1.807) is 0 Å². The third-order valence-corrected chi connectivity index (χ3v) is 3.57. The van der Waals surface area contributed by atoms with Gasteiger partial charge in [0.15, 0.2) is 0 Å². The van der Waals surface area contributed by atoms with Gasteiger partial charge in [-0.1, -0.05) is 50.6 Å². The molecule has 0 aliphatic rings. The van der Waals surface area contributed by atoms with Crippen LogP contribution in [0.15, 0.2) is 30.3 Å². The molecule has 0 saturated carbocycles. The van der Waals surface area contributed by atoms with Crippen LogP contribution in [0.3, 0.4) is 0 Å². The summed E-state index contributed by atoms with van der Waals surface area (Å²) in [6.45, 7) is 9.22. The van der Waals surface area contributed by atoms with Crippen molar-refractivity contribution in [3.8, 4) is 0 Å². The average Bonchev–Trinajstić information content (AvgIpc) is 2.45. The fraction of sp³-hybridized carbons (Fsp3) is 0.667. The molecule has 0 aromatic heterocycles. The van der Waals surface area contributed by atoms with E-state index in [0.29, 0.717) is 0 Å². The van der Waals surface area contributed by atoms with Gasteiger partial charge in [0.1, 0.15) is 0 Å². The molecule has 0 fully saturated rings. The summed E-state index contributed by atoms with van der Waals surface area (Å²) in [4.78, 5) is 2.45. The number of benzene rings is 1. The topological polar surface area (TPSA) is 15.3 Å². The highest BCUT2D eigenvalue weighted by Gasteiger charge is 1.99. The smallest absolute Gasteiger partial charge is 0.00188 e. The number of nitrogens with one attached hydrogen (secondary N) is 1. The number of hydrogen-bond acceptors (Lipinski definition) is 2. The first kappa shape index (κ1) is 17.2. The lowest BCUT2D eigenvalue weighted by atomic mass is 10.1. The number of rotatable bonds is 11. The van der Waals surface area contributed by atoms with Crippen molar-refractivity contribution in [3.05, 3.63) is 35.9 Å². The predicted molar refractivity (Wildman–Crippen MR) is 89.2 cm³/mol. The molecule has 0 aliphatic heterocycles. The third kappa shape index (κ3) is 9.11. The van der Waals surface area contributed by atoms with Gasteiger partial charge in [-0.15, -0.1) is 0 Å². The van der Waals surface area contributed by atoms with E-state index in [-0.39, 0.29) is 0 Å². The van der Waals surface area contributed by atoms with Crippen LogP contribution in [0.2, 0.25) is 0 Å². The summed E-state index contributed by atoms with van der Waals surface area (Å²) in [5.74, 6) is 0.763. The van der Waals surface area contributed by atoms with Crippen molar-refractivity contribution in [1.29, 1.82) is 0 Å². The van der Waals surface area contributed by atoms with E-state index in [4.69, 9.17) is 0 Å². The van der Waals surface area contributed by atoms with E-state index in [1.807, 2.05) is 0 Å². The molecule has 0 amide bonds. The molecule has 0 saturated heterocycles. The van der Waals surface area contributed by atoms with Crippen LogP contribution in [0.1, 0.15) is 38.7 Å². The zero-order valence-corrected chi connectivity index (χ0v) is 13.6. The van der Waals surface area contributed by atoms with Crippen LogP contribution < -0.4 is 5.32 Å². The lowest BCUT2D eigenvalue weighted by molar-refractivity contribution is 0.328. The standard InChI is InChI=1S/C18H32N2/c1-17(2)16-19-13-8-5-9-14-20(3)15-12-18-10-6-4-7-11-18/h4,6-7,10-11,17,19H,5,8-9,12-16H2,1-3H3. The molecule has 114 valence electrons. The molecule has 20 heavy (non-hydrogen) atoms. The van der Waals surface area contributed by atoms with E-state index in [0.717, 1.165) is 25.4 Å². The van der Waals surface area contributed by atoms with Crippen molar-refractivity contribution >= 4 is 0 Å². The van der Waals surface area contributed by atoms with Gasteiger partial charge in [0.25, 0.3) is 0 Å². The second-order valence-corrected chi connectivity index (χ2v) is 6.20. The average molecular weight is 276 g/mol. The molecule has 1 rings (SSSR count). The molecule has 2 nitrogen and oxygen atoms in total. The van der Waals surface area contributed by atoms with Gasteiger partial charge in [-0.3, -0.25) is 0 Å². The van der Waals surface area contributed by atoms with Crippen LogP contribution in [-0.4, -0.2) is 38.1 Å². The van der Waals surface area contributed by atoms with Gasteiger partial charge in [0.05, 0.1) is 0 Å². The predicted octanol–water partition coefficient (Wildman–Crippen LogP) is 3.58. The second-order valence-electron chi connectivity index (χ2n) is 6.20. The minimum Gasteiger partial charge on any atom is -0.316 e. The van der Waals surface area contributed by atoms with Crippen molar-refractivity contribution < 1.29 is 0 Å². The Kier molecular flexibility index (Phi) is 9.35. The van der Waals surface area contributed by atoms with E-state index >= 15 is 0 Å². The summed E-state index contributed by atoms with van der Waals surface area (Å²) in [5, 5.41) is 3.51. The van der Waals surface area contributed by atoms with E-state index in [2.05, 4.69) is 61.4 Å². The molecule has 0 bridgehead atoms. The molecule has 0 unspecified atom stereocenters. The van der Waals surface area contributed by atoms with Crippen molar-refractivity contribution in [2.45, 2.75) is 39.5 Å². The van der Waals surface area contributed by atoms with Gasteiger partial charge in [0, 0.05) is 6.54 Å². The number of likely N-dealkylation sites (N-methyl/N-ethyl adjacent to an activating group) is 1. The Morgan fingerprint density at radius 1 is 1.00 bits per heavy atom. The summed E-state index contributed by atoms with van der Waals surface area (Å²) in [7, 11) is 2.24. The second kappa shape index (κ2) is 10.9. The summed E-state index contributed by atoms with van der Waals surface area (Å²) >= 11 is 0. The summed E-state index contributed by atoms with van der Waals surface area (Å²) in [5.41, 5.74) is 1.44. The van der Waals surface area contributed by atoms with Gasteiger partial charge in [-0.05, 0) is 57.4 Å². The van der Waals surface area contributed by atoms with Crippen LogP contribution in [0, 0.1) is 5.92 Å². The van der Waals surface area contributed by atoms with Gasteiger partial charge in [0.2, 0.25) is 0 Å². The highest BCUT2D eigenvalue weighted by atomic mass is 15.1. The van der Waals surface area contributed by atoms with Crippen LogP contribution in [0.4, 0.5) is 0 Å². The lowest BCUT2D eigenvalue weighted by Crippen LogP contribution is -2.23. The minimum absolute atomic E-state index is 0.763. The van der Waals surface area contributed by atoms with E-state index < -0.39 is 0 Å². The summed E-state index contributed by atoms with van der Waals surface area (Å²) < 4.78 is 0. The van der Waals surface area contributed by atoms with Crippen LogP contribution in [-0.2, 0) is 6.42 Å². The van der Waals surface area contributed by atoms with E-state index in [1.165, 1.54) is 37.9 Å². The Hall–Kier alpha value is -0.860. The lowest BCUT2D eigenvalue weighted by Gasteiger charge is -2.16. The Labute approximate surface area is 125 Å². The zero-order valence-electron chi connectivity index (χ0n) is 13.6. The normalized spacial score (nSPS) is 11.4. The quantitative estimate of drug-likeness (QED) is 0.622. The number of nitrogens with zero attached hydrogens (tertiary/aromatic N) is 1. The Morgan fingerprint density at radius 2 is 1.75 bits per heavy atom. The van der Waals surface area contributed by atoms with Gasteiger partial charge >= 0.3 is 0 Å². The molecule has 0 radical (unpaired) electrons. The monoisotopic (exact) mass is 276 g/mol. The van der Waals surface area contributed by atoms with Crippen LogP contribution in [0.25, 0.3) is 0 Å². The van der Waals surface area contributed by atoms with Crippen LogP contribution in [0.5, 0.6) is 0 Å². The molecular formula is C18H32N2. The third-order valence-electron chi connectivity index (χ3n) is 3.57. The van der Waals surface area contributed by atoms with Gasteiger partial charge in [-0.25, -0.2) is 0 Å². The zero-order chi connectivity index (χ0) is 14.6. The minimum atomic E-state index is 0.763.